The van der Waals surface area contributed by atoms with Gasteiger partial charge in [0.25, 0.3) is 5.91 Å². The fourth-order valence-electron chi connectivity index (χ4n) is 2.72. The third-order valence-corrected chi connectivity index (χ3v) is 4.51. The normalized spacial score (nSPS) is 15.8. The Morgan fingerprint density at radius 2 is 1.85 bits per heavy atom. The molecular weight excluding hydrogens is 334 g/mol. The number of benzene rings is 1. The highest BCUT2D eigenvalue weighted by Crippen LogP contribution is 2.19. The van der Waals surface area contributed by atoms with Crippen LogP contribution in [0.1, 0.15) is 33.1 Å². The zero-order valence-corrected chi connectivity index (χ0v) is 15.4. The molecule has 1 aliphatic heterocycles. The molecule has 0 unspecified atom stereocenters. The van der Waals surface area contributed by atoms with Crippen LogP contribution in [0.2, 0.25) is 0 Å². The number of esters is 1. The van der Waals surface area contributed by atoms with Crippen molar-refractivity contribution in [3.8, 4) is 0 Å². The minimum absolute atomic E-state index is 0.0626. The van der Waals surface area contributed by atoms with Crippen molar-refractivity contribution in [2.24, 2.45) is 5.92 Å². The lowest BCUT2D eigenvalue weighted by atomic mass is 9.97. The van der Waals surface area contributed by atoms with Crippen molar-refractivity contribution in [1.29, 1.82) is 0 Å². The van der Waals surface area contributed by atoms with E-state index in [1.165, 1.54) is 0 Å². The van der Waals surface area contributed by atoms with Gasteiger partial charge in [0, 0.05) is 24.8 Å². The molecule has 1 saturated heterocycles. The second-order valence-corrected chi connectivity index (χ2v) is 6.54. The number of carbonyl (C=O) groups is 3. The number of amides is 3. The van der Waals surface area contributed by atoms with Crippen molar-refractivity contribution >= 4 is 23.6 Å². The molecule has 1 aromatic rings. The van der Waals surface area contributed by atoms with Gasteiger partial charge in [0.15, 0.2) is 6.61 Å². The molecule has 0 bridgehead atoms. The average molecular weight is 361 g/mol. The summed E-state index contributed by atoms with van der Waals surface area (Å²) in [5.74, 6) is -0.924. The lowest BCUT2D eigenvalue weighted by Gasteiger charge is -2.30. The quantitative estimate of drug-likeness (QED) is 0.762. The number of carbonyl (C=O) groups excluding carboxylic acids is 3. The van der Waals surface area contributed by atoms with Crippen molar-refractivity contribution < 1.29 is 19.1 Å². The fourth-order valence-corrected chi connectivity index (χ4v) is 2.72. The van der Waals surface area contributed by atoms with E-state index in [9.17, 15) is 14.4 Å². The van der Waals surface area contributed by atoms with E-state index in [4.69, 9.17) is 4.74 Å². The maximum Gasteiger partial charge on any atom is 0.321 e. The molecule has 0 saturated carbocycles. The number of urea groups is 1. The van der Waals surface area contributed by atoms with E-state index in [0.29, 0.717) is 25.9 Å². The smallest absolute Gasteiger partial charge is 0.321 e. The number of hydrogen-bond acceptors (Lipinski definition) is 4. The molecule has 7 nitrogen and oxygen atoms in total. The summed E-state index contributed by atoms with van der Waals surface area (Å²) in [4.78, 5) is 37.7. The van der Waals surface area contributed by atoms with Crippen molar-refractivity contribution in [1.82, 2.24) is 10.2 Å². The Labute approximate surface area is 154 Å². The maximum atomic E-state index is 12.2. The monoisotopic (exact) mass is 361 g/mol. The molecule has 3 amide bonds. The second-order valence-electron chi connectivity index (χ2n) is 6.54. The predicted octanol–water partition coefficient (Wildman–Crippen LogP) is 2.39. The molecule has 26 heavy (non-hydrogen) atoms. The molecule has 1 aromatic carbocycles. The van der Waals surface area contributed by atoms with Gasteiger partial charge in [0.2, 0.25) is 0 Å². The standard InChI is InChI=1S/C19H27N3O4/c1-3-14(2)20-17(23)13-26-18(24)15-9-11-22(12-10-15)19(25)21-16-7-5-4-6-8-16/h4-8,14-15H,3,9-13H2,1-2H3,(H,20,23)(H,21,25)/t14-/m1/s1. The van der Waals surface area contributed by atoms with Gasteiger partial charge in [-0.3, -0.25) is 9.59 Å². The number of likely N-dealkylation sites (tertiary alicyclic amines) is 1. The Morgan fingerprint density at radius 3 is 2.46 bits per heavy atom. The molecule has 0 aromatic heterocycles. The summed E-state index contributed by atoms with van der Waals surface area (Å²) in [6.45, 7) is 4.58. The largest absolute Gasteiger partial charge is 0.455 e. The molecule has 1 aliphatic rings. The van der Waals surface area contributed by atoms with Gasteiger partial charge in [-0.05, 0) is 38.3 Å². The van der Waals surface area contributed by atoms with E-state index < -0.39 is 0 Å². The number of nitrogens with zero attached hydrogens (tertiary/aromatic N) is 1. The predicted molar refractivity (Wildman–Crippen MR) is 98.6 cm³/mol. The van der Waals surface area contributed by atoms with Crippen LogP contribution in [-0.2, 0) is 14.3 Å². The Balaban J connectivity index is 1.71. The molecule has 1 heterocycles. The summed E-state index contributed by atoms with van der Waals surface area (Å²) in [5.41, 5.74) is 0.742. The maximum absolute atomic E-state index is 12.2. The minimum atomic E-state index is -0.368. The Hall–Kier alpha value is -2.57. The van der Waals surface area contributed by atoms with Gasteiger partial charge < -0.3 is 20.3 Å². The summed E-state index contributed by atoms with van der Waals surface area (Å²) >= 11 is 0. The minimum Gasteiger partial charge on any atom is -0.455 e. The number of para-hydroxylation sites is 1. The summed E-state index contributed by atoms with van der Waals surface area (Å²) in [7, 11) is 0. The topological polar surface area (TPSA) is 87.7 Å². The number of hydrogen-bond donors (Lipinski definition) is 2. The van der Waals surface area contributed by atoms with Crippen LogP contribution in [0.5, 0.6) is 0 Å². The van der Waals surface area contributed by atoms with Crippen LogP contribution in [0.15, 0.2) is 30.3 Å². The number of anilines is 1. The summed E-state index contributed by atoms with van der Waals surface area (Å²) in [6.07, 6.45) is 1.89. The van der Waals surface area contributed by atoms with Gasteiger partial charge in [-0.25, -0.2) is 4.79 Å². The summed E-state index contributed by atoms with van der Waals surface area (Å²) in [6, 6.07) is 9.14. The highest BCUT2D eigenvalue weighted by atomic mass is 16.5. The van der Waals surface area contributed by atoms with Crippen LogP contribution >= 0.6 is 0 Å². The third kappa shape index (κ3) is 6.06. The summed E-state index contributed by atoms with van der Waals surface area (Å²) < 4.78 is 5.11. The Bertz CT molecular complexity index is 612. The molecule has 1 atom stereocenters. The molecule has 2 rings (SSSR count). The number of nitrogens with one attached hydrogen (secondary N) is 2. The molecule has 142 valence electrons. The van der Waals surface area contributed by atoms with Gasteiger partial charge >= 0.3 is 12.0 Å². The number of rotatable bonds is 6. The van der Waals surface area contributed by atoms with Crippen molar-refractivity contribution in [2.45, 2.75) is 39.2 Å². The van der Waals surface area contributed by atoms with E-state index in [1.54, 1.807) is 4.90 Å². The van der Waals surface area contributed by atoms with E-state index in [-0.39, 0.29) is 36.5 Å². The van der Waals surface area contributed by atoms with E-state index in [2.05, 4.69) is 10.6 Å². The second kappa shape index (κ2) is 9.79. The zero-order valence-electron chi connectivity index (χ0n) is 15.4. The van der Waals surface area contributed by atoms with Crippen LogP contribution in [0.3, 0.4) is 0 Å². The van der Waals surface area contributed by atoms with Gasteiger partial charge in [-0.15, -0.1) is 0 Å². The number of ether oxygens (including phenoxy) is 1. The molecular formula is C19H27N3O4. The third-order valence-electron chi connectivity index (χ3n) is 4.51. The highest BCUT2D eigenvalue weighted by molar-refractivity contribution is 5.89. The van der Waals surface area contributed by atoms with Gasteiger partial charge in [0.1, 0.15) is 0 Å². The van der Waals surface area contributed by atoms with Crippen molar-refractivity contribution in [2.75, 3.05) is 25.0 Å². The SMILES string of the molecule is CC[C@@H](C)NC(=O)COC(=O)C1CCN(C(=O)Nc2ccccc2)CC1. The van der Waals surface area contributed by atoms with Crippen molar-refractivity contribution in [3.05, 3.63) is 30.3 Å². The molecule has 1 fully saturated rings. The van der Waals surface area contributed by atoms with Crippen LogP contribution < -0.4 is 10.6 Å². The highest BCUT2D eigenvalue weighted by Gasteiger charge is 2.28. The Kier molecular flexibility index (Phi) is 7.44. The van der Waals surface area contributed by atoms with Gasteiger partial charge in [-0.1, -0.05) is 25.1 Å². The first-order valence-electron chi connectivity index (χ1n) is 9.06. The molecule has 7 heteroatoms. The van der Waals surface area contributed by atoms with Gasteiger partial charge in [-0.2, -0.15) is 0 Å². The first-order valence-corrected chi connectivity index (χ1v) is 9.06. The lowest BCUT2D eigenvalue weighted by Crippen LogP contribution is -2.43. The lowest BCUT2D eigenvalue weighted by molar-refractivity contribution is -0.154. The summed E-state index contributed by atoms with van der Waals surface area (Å²) in [5, 5.41) is 5.59. The first kappa shape index (κ1) is 19.8. The molecule has 2 N–H and O–H groups in total. The van der Waals surface area contributed by atoms with Crippen LogP contribution in [-0.4, -0.2) is 48.5 Å². The average Bonchev–Trinajstić information content (AvgIpc) is 2.66. The van der Waals surface area contributed by atoms with Crippen molar-refractivity contribution in [3.63, 3.8) is 0 Å². The Morgan fingerprint density at radius 1 is 1.19 bits per heavy atom. The number of piperidine rings is 1. The first-order chi connectivity index (χ1) is 12.5. The van der Waals surface area contributed by atoms with Crippen LogP contribution in [0.4, 0.5) is 10.5 Å². The van der Waals surface area contributed by atoms with E-state index >= 15 is 0 Å². The molecule has 0 aliphatic carbocycles. The van der Waals surface area contributed by atoms with E-state index in [1.807, 2.05) is 44.2 Å². The molecule has 0 radical (unpaired) electrons. The van der Waals surface area contributed by atoms with Gasteiger partial charge in [0.05, 0.1) is 5.92 Å². The van der Waals surface area contributed by atoms with E-state index in [0.717, 1.165) is 12.1 Å². The van der Waals surface area contributed by atoms with Crippen LogP contribution in [0, 0.1) is 5.92 Å². The molecule has 0 spiro atoms. The zero-order chi connectivity index (χ0) is 18.9. The fraction of sp³-hybridized carbons (Fsp3) is 0.526. The van der Waals surface area contributed by atoms with Crippen LogP contribution in [0.25, 0.3) is 0 Å².